The number of nitrogens with one attached hydrogen (secondary N) is 2. The summed E-state index contributed by atoms with van der Waals surface area (Å²) in [5.41, 5.74) is 0.499. The van der Waals surface area contributed by atoms with Gasteiger partial charge in [-0.1, -0.05) is 12.8 Å². The zero-order valence-electron chi connectivity index (χ0n) is 11.5. The Balaban J connectivity index is 2.13. The summed E-state index contributed by atoms with van der Waals surface area (Å²) in [5, 5.41) is 15.9. The number of carbonyl (C=O) groups is 1. The van der Waals surface area contributed by atoms with Gasteiger partial charge in [-0.3, -0.25) is 4.79 Å². The van der Waals surface area contributed by atoms with Crippen molar-refractivity contribution in [3.8, 4) is 0 Å². The lowest BCUT2D eigenvalue weighted by Crippen LogP contribution is -2.45. The van der Waals surface area contributed by atoms with E-state index in [1.54, 1.807) is 12.3 Å². The van der Waals surface area contributed by atoms with E-state index in [0.29, 0.717) is 17.9 Å². The van der Waals surface area contributed by atoms with Gasteiger partial charge < -0.3 is 15.7 Å². The highest BCUT2D eigenvalue weighted by Gasteiger charge is 2.25. The van der Waals surface area contributed by atoms with Crippen LogP contribution in [-0.2, 0) is 0 Å². The number of nitrogens with zero attached hydrogens (tertiary/aromatic N) is 1. The van der Waals surface area contributed by atoms with E-state index in [4.69, 9.17) is 0 Å². The molecule has 0 spiro atoms. The van der Waals surface area contributed by atoms with Crippen LogP contribution in [0.3, 0.4) is 0 Å². The van der Waals surface area contributed by atoms with Crippen molar-refractivity contribution in [2.24, 2.45) is 0 Å². The van der Waals surface area contributed by atoms with Gasteiger partial charge in [0.1, 0.15) is 5.82 Å². The predicted octanol–water partition coefficient (Wildman–Crippen LogP) is 2.31. The Kier molecular flexibility index (Phi) is 5.37. The number of aliphatic hydroxyl groups excluding tert-OH is 1. The van der Waals surface area contributed by atoms with Crippen LogP contribution in [0.1, 0.15) is 43.0 Å². The van der Waals surface area contributed by atoms with E-state index in [9.17, 15) is 9.90 Å². The number of amides is 1. The summed E-state index contributed by atoms with van der Waals surface area (Å²) in [5.74, 6) is 0.374. The van der Waals surface area contributed by atoms with Crippen molar-refractivity contribution in [1.82, 2.24) is 10.3 Å². The number of pyridine rings is 1. The second-order valence-electron chi connectivity index (χ2n) is 5.01. The van der Waals surface area contributed by atoms with E-state index in [2.05, 4.69) is 31.5 Å². The molecule has 6 heteroatoms. The number of hydrogen-bond acceptors (Lipinski definition) is 4. The van der Waals surface area contributed by atoms with Gasteiger partial charge in [0.05, 0.1) is 17.7 Å². The van der Waals surface area contributed by atoms with Crippen LogP contribution in [0.5, 0.6) is 0 Å². The summed E-state index contributed by atoms with van der Waals surface area (Å²) in [6, 6.07) is 1.58. The number of hydrogen-bond donors (Lipinski definition) is 3. The van der Waals surface area contributed by atoms with Gasteiger partial charge in [-0.25, -0.2) is 4.98 Å². The van der Waals surface area contributed by atoms with Gasteiger partial charge in [0.15, 0.2) is 0 Å². The third kappa shape index (κ3) is 3.70. The van der Waals surface area contributed by atoms with Crippen LogP contribution in [0.4, 0.5) is 5.82 Å². The van der Waals surface area contributed by atoms with Gasteiger partial charge in [0.25, 0.3) is 5.91 Å². The fourth-order valence-electron chi connectivity index (χ4n) is 2.45. The normalized spacial score (nSPS) is 22.4. The van der Waals surface area contributed by atoms with Crippen LogP contribution in [0, 0.1) is 0 Å². The lowest BCUT2D eigenvalue weighted by molar-refractivity contribution is 0.0717. The molecule has 2 atom stereocenters. The van der Waals surface area contributed by atoms with Gasteiger partial charge in [0, 0.05) is 17.2 Å². The molecule has 0 bridgehead atoms. The standard InChI is InChI=1S/C14H20BrN3O2/c1-2-16-13-10(7-9(15)8-17-13)14(20)18-11-5-3-4-6-12(11)19/h7-8,11-12,19H,2-6H2,1H3,(H,16,17)(H,18,20). The lowest BCUT2D eigenvalue weighted by atomic mass is 9.92. The molecule has 0 saturated heterocycles. The number of aliphatic hydroxyl groups is 1. The average molecular weight is 342 g/mol. The maximum Gasteiger partial charge on any atom is 0.255 e. The van der Waals surface area contributed by atoms with Gasteiger partial charge >= 0.3 is 0 Å². The van der Waals surface area contributed by atoms with Gasteiger partial charge in [0.2, 0.25) is 0 Å². The van der Waals surface area contributed by atoms with Crippen LogP contribution in [0.15, 0.2) is 16.7 Å². The first-order chi connectivity index (χ1) is 9.61. The van der Waals surface area contributed by atoms with Crippen LogP contribution in [0.25, 0.3) is 0 Å². The average Bonchev–Trinajstić information content (AvgIpc) is 2.43. The molecule has 0 aliphatic heterocycles. The summed E-state index contributed by atoms with van der Waals surface area (Å²) in [7, 11) is 0. The van der Waals surface area contributed by atoms with Crippen molar-refractivity contribution in [2.45, 2.75) is 44.8 Å². The molecule has 3 N–H and O–H groups in total. The molecule has 110 valence electrons. The molecule has 1 fully saturated rings. The molecule has 0 radical (unpaired) electrons. The molecule has 1 aliphatic rings. The van der Waals surface area contributed by atoms with Crippen molar-refractivity contribution < 1.29 is 9.90 Å². The largest absolute Gasteiger partial charge is 0.391 e. The molecule has 1 aromatic heterocycles. The fraction of sp³-hybridized carbons (Fsp3) is 0.571. The third-order valence-electron chi connectivity index (χ3n) is 3.49. The maximum atomic E-state index is 12.4. The van der Waals surface area contributed by atoms with Gasteiger partial charge in [-0.05, 0) is 41.8 Å². The minimum atomic E-state index is -0.449. The number of aromatic nitrogens is 1. The first kappa shape index (κ1) is 15.3. The van der Waals surface area contributed by atoms with Crippen LogP contribution < -0.4 is 10.6 Å². The van der Waals surface area contributed by atoms with E-state index < -0.39 is 6.10 Å². The van der Waals surface area contributed by atoms with Crippen LogP contribution in [-0.4, -0.2) is 34.7 Å². The minimum absolute atomic E-state index is 0.162. The molecule has 1 amide bonds. The topological polar surface area (TPSA) is 74.2 Å². The molecular weight excluding hydrogens is 322 g/mol. The van der Waals surface area contributed by atoms with Crippen molar-refractivity contribution in [3.63, 3.8) is 0 Å². The van der Waals surface area contributed by atoms with E-state index in [-0.39, 0.29) is 11.9 Å². The highest BCUT2D eigenvalue weighted by Crippen LogP contribution is 2.21. The Morgan fingerprint density at radius 3 is 2.95 bits per heavy atom. The molecule has 5 nitrogen and oxygen atoms in total. The highest BCUT2D eigenvalue weighted by atomic mass is 79.9. The summed E-state index contributed by atoms with van der Waals surface area (Å²) in [4.78, 5) is 16.6. The molecular formula is C14H20BrN3O2. The first-order valence-corrected chi connectivity index (χ1v) is 7.79. The predicted molar refractivity (Wildman–Crippen MR) is 81.8 cm³/mol. The number of carbonyl (C=O) groups excluding carboxylic acids is 1. The van der Waals surface area contributed by atoms with Crippen molar-refractivity contribution in [3.05, 3.63) is 22.3 Å². The Bertz CT molecular complexity index is 481. The number of halogens is 1. The fourth-order valence-corrected chi connectivity index (χ4v) is 2.78. The monoisotopic (exact) mass is 341 g/mol. The van der Waals surface area contributed by atoms with E-state index >= 15 is 0 Å². The minimum Gasteiger partial charge on any atom is -0.391 e. The van der Waals surface area contributed by atoms with E-state index in [1.165, 1.54) is 0 Å². The Morgan fingerprint density at radius 1 is 1.50 bits per heavy atom. The summed E-state index contributed by atoms with van der Waals surface area (Å²) < 4.78 is 0.758. The zero-order valence-corrected chi connectivity index (χ0v) is 13.1. The maximum absolute atomic E-state index is 12.4. The summed E-state index contributed by atoms with van der Waals surface area (Å²) >= 11 is 3.33. The quantitative estimate of drug-likeness (QED) is 0.785. The molecule has 1 saturated carbocycles. The van der Waals surface area contributed by atoms with Crippen LogP contribution >= 0.6 is 15.9 Å². The Labute approximate surface area is 127 Å². The molecule has 1 aliphatic carbocycles. The molecule has 2 unspecified atom stereocenters. The summed E-state index contributed by atoms with van der Waals surface area (Å²) in [6.45, 7) is 2.65. The summed E-state index contributed by atoms with van der Waals surface area (Å²) in [6.07, 6.45) is 4.85. The number of anilines is 1. The first-order valence-electron chi connectivity index (χ1n) is 7.00. The van der Waals surface area contributed by atoms with Crippen molar-refractivity contribution in [2.75, 3.05) is 11.9 Å². The molecule has 20 heavy (non-hydrogen) atoms. The molecule has 1 heterocycles. The number of rotatable bonds is 4. The van der Waals surface area contributed by atoms with E-state index in [1.807, 2.05) is 6.92 Å². The second kappa shape index (κ2) is 7.04. The highest BCUT2D eigenvalue weighted by molar-refractivity contribution is 9.10. The SMILES string of the molecule is CCNc1ncc(Br)cc1C(=O)NC1CCCCC1O. The molecule has 1 aromatic rings. The Morgan fingerprint density at radius 2 is 2.25 bits per heavy atom. The zero-order chi connectivity index (χ0) is 14.5. The van der Waals surface area contributed by atoms with Gasteiger partial charge in [-0.2, -0.15) is 0 Å². The molecule has 2 rings (SSSR count). The smallest absolute Gasteiger partial charge is 0.255 e. The van der Waals surface area contributed by atoms with Gasteiger partial charge in [-0.15, -0.1) is 0 Å². The van der Waals surface area contributed by atoms with Crippen LogP contribution in [0.2, 0.25) is 0 Å². The third-order valence-corrected chi connectivity index (χ3v) is 3.92. The Hall–Kier alpha value is -1.14. The van der Waals surface area contributed by atoms with Crippen molar-refractivity contribution >= 4 is 27.7 Å². The molecule has 0 aromatic carbocycles. The van der Waals surface area contributed by atoms with E-state index in [0.717, 1.165) is 30.2 Å². The lowest BCUT2D eigenvalue weighted by Gasteiger charge is -2.28. The second-order valence-corrected chi connectivity index (χ2v) is 5.93. The van der Waals surface area contributed by atoms with Crippen molar-refractivity contribution in [1.29, 1.82) is 0 Å².